The average Bonchev–Trinajstić information content (AvgIpc) is 3.39. The summed E-state index contributed by atoms with van der Waals surface area (Å²) in [7, 11) is 0. The second-order valence-electron chi connectivity index (χ2n) is 6.49. The number of carbonyl (C=O) groups excluding carboxylic acids is 1. The van der Waals surface area contributed by atoms with Crippen molar-refractivity contribution < 1.29 is 9.18 Å². The summed E-state index contributed by atoms with van der Waals surface area (Å²) in [6, 6.07) is 14.5. The van der Waals surface area contributed by atoms with Gasteiger partial charge in [-0.3, -0.25) is 4.79 Å². The predicted molar refractivity (Wildman–Crippen MR) is 104 cm³/mol. The molecule has 2 aromatic carbocycles. The Bertz CT molecular complexity index is 1190. The SMILES string of the molecule is O=C(Nc1cc(-n2cnnn2)ccc1F)c1cc2c(s1)-c1ccccc1CC2. The number of nitrogens with one attached hydrogen (secondary N) is 1. The number of tetrazole rings is 1. The third-order valence-corrected chi connectivity index (χ3v) is 5.98. The molecule has 1 amide bonds. The zero-order valence-electron chi connectivity index (χ0n) is 14.6. The van der Waals surface area contributed by atoms with E-state index in [1.165, 1.54) is 45.6 Å². The molecule has 138 valence electrons. The first-order valence-electron chi connectivity index (χ1n) is 8.74. The predicted octanol–water partition coefficient (Wildman–Crippen LogP) is 3.88. The van der Waals surface area contributed by atoms with Crippen molar-refractivity contribution in [3.05, 3.63) is 76.7 Å². The lowest BCUT2D eigenvalue weighted by Gasteiger charge is -2.15. The van der Waals surface area contributed by atoms with Gasteiger partial charge in [0.2, 0.25) is 0 Å². The fourth-order valence-corrected chi connectivity index (χ4v) is 4.56. The van der Waals surface area contributed by atoms with Crippen LogP contribution in [0.5, 0.6) is 0 Å². The lowest BCUT2D eigenvalue weighted by atomic mass is 9.91. The van der Waals surface area contributed by atoms with Crippen LogP contribution in [0.4, 0.5) is 10.1 Å². The summed E-state index contributed by atoms with van der Waals surface area (Å²) >= 11 is 1.44. The molecule has 2 heterocycles. The van der Waals surface area contributed by atoms with Gasteiger partial charge >= 0.3 is 0 Å². The Morgan fingerprint density at radius 3 is 2.82 bits per heavy atom. The molecule has 5 rings (SSSR count). The van der Waals surface area contributed by atoms with E-state index in [1.54, 1.807) is 6.07 Å². The Labute approximate surface area is 163 Å². The first kappa shape index (κ1) is 16.8. The molecule has 1 aliphatic carbocycles. The smallest absolute Gasteiger partial charge is 0.265 e. The van der Waals surface area contributed by atoms with Gasteiger partial charge < -0.3 is 5.32 Å². The van der Waals surface area contributed by atoms with Crippen molar-refractivity contribution in [1.82, 2.24) is 20.2 Å². The molecule has 0 unspecified atom stereocenters. The zero-order valence-corrected chi connectivity index (χ0v) is 15.4. The molecule has 6 nitrogen and oxygen atoms in total. The van der Waals surface area contributed by atoms with Gasteiger partial charge in [-0.2, -0.15) is 0 Å². The number of benzene rings is 2. The summed E-state index contributed by atoms with van der Waals surface area (Å²) in [5, 5.41) is 13.6. The van der Waals surface area contributed by atoms with Gasteiger partial charge in [-0.25, -0.2) is 9.07 Å². The zero-order chi connectivity index (χ0) is 19.1. The number of aromatic nitrogens is 4. The van der Waals surface area contributed by atoms with Crippen molar-refractivity contribution in [3.63, 3.8) is 0 Å². The topological polar surface area (TPSA) is 72.7 Å². The van der Waals surface area contributed by atoms with Gasteiger partial charge in [-0.15, -0.1) is 16.4 Å². The van der Waals surface area contributed by atoms with E-state index >= 15 is 0 Å². The number of anilines is 1. The Balaban J connectivity index is 1.45. The number of hydrogen-bond donors (Lipinski definition) is 1. The fourth-order valence-electron chi connectivity index (χ4n) is 3.40. The summed E-state index contributed by atoms with van der Waals surface area (Å²) < 4.78 is 15.6. The Kier molecular flexibility index (Phi) is 3.98. The van der Waals surface area contributed by atoms with E-state index in [4.69, 9.17) is 0 Å². The van der Waals surface area contributed by atoms with Crippen LogP contribution in [0.2, 0.25) is 0 Å². The van der Waals surface area contributed by atoms with E-state index in [2.05, 4.69) is 33.0 Å². The van der Waals surface area contributed by atoms with Crippen LogP contribution in [0.15, 0.2) is 54.9 Å². The standard InChI is InChI=1S/C20H14FN5OS/c21-16-8-7-14(26-11-22-24-25-26)10-17(16)23-20(27)18-9-13-6-5-12-3-1-2-4-15(12)19(13)28-18/h1-4,7-11H,5-6H2,(H,23,27). The molecule has 0 fully saturated rings. The minimum absolute atomic E-state index is 0.0878. The van der Waals surface area contributed by atoms with Gasteiger partial charge in [-0.1, -0.05) is 24.3 Å². The summed E-state index contributed by atoms with van der Waals surface area (Å²) in [6.45, 7) is 0. The van der Waals surface area contributed by atoms with Crippen molar-refractivity contribution in [2.45, 2.75) is 12.8 Å². The van der Waals surface area contributed by atoms with Crippen molar-refractivity contribution in [2.24, 2.45) is 0 Å². The number of fused-ring (bicyclic) bond motifs is 3. The second-order valence-corrected chi connectivity index (χ2v) is 7.55. The van der Waals surface area contributed by atoms with Crippen molar-refractivity contribution in [3.8, 4) is 16.1 Å². The van der Waals surface area contributed by atoms with Gasteiger partial charge in [-0.05, 0) is 64.2 Å². The van der Waals surface area contributed by atoms with Gasteiger partial charge in [0.25, 0.3) is 5.91 Å². The number of carbonyl (C=O) groups is 1. The van der Waals surface area contributed by atoms with E-state index in [0.29, 0.717) is 10.6 Å². The van der Waals surface area contributed by atoms with Crippen molar-refractivity contribution in [1.29, 1.82) is 0 Å². The highest BCUT2D eigenvalue weighted by molar-refractivity contribution is 7.17. The van der Waals surface area contributed by atoms with Crippen LogP contribution in [0.25, 0.3) is 16.1 Å². The summed E-state index contributed by atoms with van der Waals surface area (Å²) in [5.74, 6) is -0.846. The third kappa shape index (κ3) is 2.87. The van der Waals surface area contributed by atoms with E-state index in [1.807, 2.05) is 18.2 Å². The van der Waals surface area contributed by atoms with E-state index in [-0.39, 0.29) is 11.6 Å². The van der Waals surface area contributed by atoms with E-state index in [0.717, 1.165) is 23.3 Å². The molecule has 0 radical (unpaired) electrons. The molecule has 1 N–H and O–H groups in total. The molecule has 0 saturated heterocycles. The maximum Gasteiger partial charge on any atom is 0.265 e. The molecular weight excluding hydrogens is 377 g/mol. The molecule has 0 atom stereocenters. The van der Waals surface area contributed by atoms with Gasteiger partial charge in [0.05, 0.1) is 16.3 Å². The summed E-state index contributed by atoms with van der Waals surface area (Å²) in [4.78, 5) is 14.5. The molecule has 2 aromatic heterocycles. The highest BCUT2D eigenvalue weighted by atomic mass is 32.1. The van der Waals surface area contributed by atoms with Crippen LogP contribution in [-0.2, 0) is 12.8 Å². The largest absolute Gasteiger partial charge is 0.319 e. The van der Waals surface area contributed by atoms with E-state index < -0.39 is 5.82 Å². The van der Waals surface area contributed by atoms with Crippen molar-refractivity contribution >= 4 is 22.9 Å². The Morgan fingerprint density at radius 2 is 1.96 bits per heavy atom. The maximum absolute atomic E-state index is 14.2. The average molecular weight is 391 g/mol. The molecule has 0 bridgehead atoms. The monoisotopic (exact) mass is 391 g/mol. The summed E-state index contributed by atoms with van der Waals surface area (Å²) in [5.41, 5.74) is 4.28. The van der Waals surface area contributed by atoms with Crippen molar-refractivity contribution in [2.75, 3.05) is 5.32 Å². The first-order valence-corrected chi connectivity index (χ1v) is 9.56. The third-order valence-electron chi connectivity index (χ3n) is 4.77. The number of halogens is 1. The van der Waals surface area contributed by atoms with Crippen LogP contribution < -0.4 is 5.32 Å². The normalized spacial score (nSPS) is 12.3. The minimum Gasteiger partial charge on any atom is -0.319 e. The lowest BCUT2D eigenvalue weighted by molar-refractivity contribution is 0.103. The molecule has 8 heteroatoms. The van der Waals surface area contributed by atoms with Gasteiger partial charge in [0, 0.05) is 4.88 Å². The number of hydrogen-bond acceptors (Lipinski definition) is 5. The Morgan fingerprint density at radius 1 is 1.11 bits per heavy atom. The van der Waals surface area contributed by atoms with Crippen LogP contribution in [0.1, 0.15) is 20.8 Å². The van der Waals surface area contributed by atoms with Gasteiger partial charge in [0.1, 0.15) is 12.1 Å². The maximum atomic E-state index is 14.2. The quantitative estimate of drug-likeness (QED) is 0.575. The number of nitrogens with zero attached hydrogens (tertiary/aromatic N) is 4. The number of thiophene rings is 1. The van der Waals surface area contributed by atoms with Gasteiger partial charge in [0.15, 0.2) is 0 Å². The highest BCUT2D eigenvalue weighted by Crippen LogP contribution is 2.39. The van der Waals surface area contributed by atoms with Crippen LogP contribution in [0, 0.1) is 5.82 Å². The molecular formula is C20H14FN5OS. The molecule has 0 saturated carbocycles. The lowest BCUT2D eigenvalue weighted by Crippen LogP contribution is -2.12. The minimum atomic E-state index is -0.517. The van der Waals surface area contributed by atoms with Crippen LogP contribution in [0.3, 0.4) is 0 Å². The molecule has 4 aromatic rings. The van der Waals surface area contributed by atoms with E-state index in [9.17, 15) is 9.18 Å². The fraction of sp³-hybridized carbons (Fsp3) is 0.100. The number of amides is 1. The first-order chi connectivity index (χ1) is 13.7. The Hall–Kier alpha value is -3.39. The molecule has 1 aliphatic rings. The van der Waals surface area contributed by atoms with Crippen LogP contribution in [-0.4, -0.2) is 26.1 Å². The number of aryl methyl sites for hydroxylation is 2. The molecule has 28 heavy (non-hydrogen) atoms. The number of rotatable bonds is 3. The molecule has 0 aliphatic heterocycles. The summed E-state index contributed by atoms with van der Waals surface area (Å²) in [6.07, 6.45) is 3.27. The molecule has 0 spiro atoms. The second kappa shape index (κ2) is 6.65. The van der Waals surface area contributed by atoms with Crippen LogP contribution >= 0.6 is 11.3 Å². The highest BCUT2D eigenvalue weighted by Gasteiger charge is 2.22.